The molecule has 0 aromatic rings. The first-order chi connectivity index (χ1) is 7.29. The summed E-state index contributed by atoms with van der Waals surface area (Å²) < 4.78 is 35.9. The molecule has 0 radical (unpaired) electrons. The van der Waals surface area contributed by atoms with Gasteiger partial charge in [-0.3, -0.25) is 4.79 Å². The Labute approximate surface area is 105 Å². The van der Waals surface area contributed by atoms with Crippen molar-refractivity contribution in [2.45, 2.75) is 44.9 Å². The number of nitrogens with zero attached hydrogens (tertiary/aromatic N) is 1. The summed E-state index contributed by atoms with van der Waals surface area (Å²) >= 11 is 0. The van der Waals surface area contributed by atoms with E-state index >= 15 is 0 Å². The molecule has 1 N–H and O–H groups in total. The maximum atomic E-state index is 12.0. The number of carbonyl (C=O) groups excluding carboxylic acids is 1. The summed E-state index contributed by atoms with van der Waals surface area (Å²) in [6, 6.07) is 0.114. The first-order valence-electron chi connectivity index (χ1n) is 5.39. The number of hydrogen-bond acceptors (Lipinski definition) is 2. The Kier molecular flexibility index (Phi) is 6.26. The second kappa shape index (κ2) is 6.44. The molecule has 3 nitrogen and oxygen atoms in total. The van der Waals surface area contributed by atoms with E-state index < -0.39 is 24.9 Å². The highest BCUT2D eigenvalue weighted by Crippen LogP contribution is 2.22. The van der Waals surface area contributed by atoms with Crippen LogP contribution in [-0.2, 0) is 4.79 Å². The number of carbonyl (C=O) groups is 1. The molecule has 102 valence electrons. The Morgan fingerprint density at radius 3 is 2.53 bits per heavy atom. The first-order valence-corrected chi connectivity index (χ1v) is 5.39. The predicted octanol–water partition coefficient (Wildman–Crippen LogP) is 1.96. The smallest absolute Gasteiger partial charge is 0.337 e. The maximum absolute atomic E-state index is 12.0. The lowest BCUT2D eigenvalue weighted by atomic mass is 10.1. The van der Waals surface area contributed by atoms with Crippen LogP contribution < -0.4 is 5.32 Å². The number of hydrogen-bond donors (Lipinski definition) is 1. The van der Waals surface area contributed by atoms with Crippen LogP contribution in [0.5, 0.6) is 0 Å². The topological polar surface area (TPSA) is 32.3 Å². The second-order valence-corrected chi connectivity index (χ2v) is 4.32. The van der Waals surface area contributed by atoms with E-state index in [0.29, 0.717) is 13.1 Å². The summed E-state index contributed by atoms with van der Waals surface area (Å²) in [4.78, 5) is 13.1. The summed E-state index contributed by atoms with van der Waals surface area (Å²) in [6.45, 7) is 4.87. The number of alkyl halides is 3. The highest BCUT2D eigenvalue weighted by atomic mass is 35.5. The molecule has 0 saturated carbocycles. The van der Waals surface area contributed by atoms with Crippen molar-refractivity contribution in [1.82, 2.24) is 10.2 Å². The van der Waals surface area contributed by atoms with Gasteiger partial charge in [-0.1, -0.05) is 0 Å². The number of nitrogens with one attached hydrogen (secondary N) is 1. The molecule has 1 rings (SSSR count). The van der Waals surface area contributed by atoms with E-state index in [1.807, 2.05) is 13.8 Å². The average Bonchev–Trinajstić information content (AvgIpc) is 2.17. The van der Waals surface area contributed by atoms with Crippen LogP contribution in [0.2, 0.25) is 0 Å². The zero-order valence-corrected chi connectivity index (χ0v) is 10.7. The summed E-state index contributed by atoms with van der Waals surface area (Å²) in [5, 5.41) is 3.17. The van der Waals surface area contributed by atoms with Gasteiger partial charge >= 0.3 is 6.18 Å². The molecule has 0 spiro atoms. The van der Waals surface area contributed by atoms with Gasteiger partial charge in [-0.2, -0.15) is 13.2 Å². The van der Waals surface area contributed by atoms with Gasteiger partial charge in [-0.25, -0.2) is 0 Å². The van der Waals surface area contributed by atoms with Crippen LogP contribution in [0.25, 0.3) is 0 Å². The van der Waals surface area contributed by atoms with E-state index in [2.05, 4.69) is 5.32 Å². The molecule has 1 aliphatic rings. The minimum Gasteiger partial charge on any atom is -0.337 e. The molecule has 0 aliphatic carbocycles. The van der Waals surface area contributed by atoms with Gasteiger partial charge in [0.25, 0.3) is 0 Å². The SMILES string of the molecule is CC1CN(C(=O)CCC(F)(F)F)C(C)CN1.Cl. The van der Waals surface area contributed by atoms with Gasteiger partial charge in [-0.05, 0) is 13.8 Å². The van der Waals surface area contributed by atoms with Crippen LogP contribution in [0, 0.1) is 0 Å². The van der Waals surface area contributed by atoms with Crippen molar-refractivity contribution >= 4 is 18.3 Å². The van der Waals surface area contributed by atoms with Crippen LogP contribution in [0.3, 0.4) is 0 Å². The van der Waals surface area contributed by atoms with Crippen molar-refractivity contribution in [1.29, 1.82) is 0 Å². The van der Waals surface area contributed by atoms with Gasteiger partial charge in [0.1, 0.15) is 0 Å². The van der Waals surface area contributed by atoms with Crippen LogP contribution in [0.4, 0.5) is 13.2 Å². The molecule has 0 aromatic carbocycles. The van der Waals surface area contributed by atoms with Crippen molar-refractivity contribution in [3.05, 3.63) is 0 Å². The van der Waals surface area contributed by atoms with E-state index in [0.717, 1.165) is 0 Å². The Hall–Kier alpha value is -0.490. The van der Waals surface area contributed by atoms with Crippen molar-refractivity contribution in [3.8, 4) is 0 Å². The molecule has 1 fully saturated rings. The Morgan fingerprint density at radius 1 is 1.41 bits per heavy atom. The molecule has 1 aliphatic heterocycles. The fraction of sp³-hybridized carbons (Fsp3) is 0.900. The second-order valence-electron chi connectivity index (χ2n) is 4.32. The number of halogens is 4. The van der Waals surface area contributed by atoms with Gasteiger partial charge in [0, 0.05) is 31.6 Å². The molecule has 0 bridgehead atoms. The van der Waals surface area contributed by atoms with Crippen LogP contribution in [-0.4, -0.2) is 42.2 Å². The number of piperazine rings is 1. The Morgan fingerprint density at radius 2 is 2.00 bits per heavy atom. The summed E-state index contributed by atoms with van der Waals surface area (Å²) in [5.41, 5.74) is 0. The number of amides is 1. The summed E-state index contributed by atoms with van der Waals surface area (Å²) in [7, 11) is 0. The molecule has 1 saturated heterocycles. The lowest BCUT2D eigenvalue weighted by Crippen LogP contribution is -2.56. The van der Waals surface area contributed by atoms with Crippen molar-refractivity contribution in [2.24, 2.45) is 0 Å². The fourth-order valence-corrected chi connectivity index (χ4v) is 1.76. The molecule has 2 atom stereocenters. The van der Waals surface area contributed by atoms with Crippen molar-refractivity contribution in [2.75, 3.05) is 13.1 Å². The molecule has 17 heavy (non-hydrogen) atoms. The molecule has 1 heterocycles. The third-order valence-electron chi connectivity index (χ3n) is 2.71. The maximum Gasteiger partial charge on any atom is 0.389 e. The normalized spacial score (nSPS) is 25.4. The van der Waals surface area contributed by atoms with Crippen LogP contribution in [0.1, 0.15) is 26.7 Å². The number of rotatable bonds is 2. The zero-order valence-electron chi connectivity index (χ0n) is 9.88. The van der Waals surface area contributed by atoms with Crippen molar-refractivity contribution < 1.29 is 18.0 Å². The Balaban J connectivity index is 0.00000256. The van der Waals surface area contributed by atoms with E-state index in [1.165, 1.54) is 4.90 Å². The molecular weight excluding hydrogens is 257 g/mol. The molecule has 2 unspecified atom stereocenters. The highest BCUT2D eigenvalue weighted by Gasteiger charge is 2.31. The average molecular weight is 275 g/mol. The van der Waals surface area contributed by atoms with Gasteiger partial charge in [0.05, 0.1) is 6.42 Å². The van der Waals surface area contributed by atoms with Crippen LogP contribution >= 0.6 is 12.4 Å². The third-order valence-corrected chi connectivity index (χ3v) is 2.71. The minimum atomic E-state index is -4.25. The standard InChI is InChI=1S/C10H17F3N2O.ClH/c1-7-6-15(8(2)5-14-7)9(16)3-4-10(11,12)13;/h7-8,14H,3-6H2,1-2H3;1H. The minimum absolute atomic E-state index is 0. The van der Waals surface area contributed by atoms with E-state index in [-0.39, 0.29) is 24.5 Å². The summed E-state index contributed by atoms with van der Waals surface area (Å²) in [6.07, 6.45) is -5.73. The van der Waals surface area contributed by atoms with E-state index in [4.69, 9.17) is 0 Å². The molecular formula is C10H18ClF3N2O. The lowest BCUT2D eigenvalue weighted by molar-refractivity contribution is -0.151. The van der Waals surface area contributed by atoms with Gasteiger partial charge in [0.2, 0.25) is 5.91 Å². The largest absolute Gasteiger partial charge is 0.389 e. The van der Waals surface area contributed by atoms with Gasteiger partial charge < -0.3 is 10.2 Å². The third kappa shape index (κ3) is 5.59. The fourth-order valence-electron chi connectivity index (χ4n) is 1.76. The monoisotopic (exact) mass is 274 g/mol. The van der Waals surface area contributed by atoms with E-state index in [1.54, 1.807) is 0 Å². The van der Waals surface area contributed by atoms with E-state index in [9.17, 15) is 18.0 Å². The summed E-state index contributed by atoms with van der Waals surface area (Å²) in [5.74, 6) is -0.404. The first kappa shape index (κ1) is 16.5. The highest BCUT2D eigenvalue weighted by molar-refractivity contribution is 5.85. The Bertz CT molecular complexity index is 260. The van der Waals surface area contributed by atoms with Gasteiger partial charge in [0.15, 0.2) is 0 Å². The predicted molar refractivity (Wildman–Crippen MR) is 61.2 cm³/mol. The lowest BCUT2D eigenvalue weighted by Gasteiger charge is -2.37. The zero-order chi connectivity index (χ0) is 12.3. The van der Waals surface area contributed by atoms with Gasteiger partial charge in [-0.15, -0.1) is 12.4 Å². The molecule has 1 amide bonds. The van der Waals surface area contributed by atoms with Crippen LogP contribution in [0.15, 0.2) is 0 Å². The molecule has 0 aromatic heterocycles. The molecule has 7 heteroatoms. The quantitative estimate of drug-likeness (QED) is 0.835. The van der Waals surface area contributed by atoms with Crippen molar-refractivity contribution in [3.63, 3.8) is 0 Å².